The maximum Gasteiger partial charge on any atom is 0.133 e. The zero-order chi connectivity index (χ0) is 13.9. The fourth-order valence-electron chi connectivity index (χ4n) is 1.73. The second-order valence-corrected chi connectivity index (χ2v) is 5.66. The highest BCUT2D eigenvalue weighted by molar-refractivity contribution is 5.40. The van der Waals surface area contributed by atoms with Crippen LogP contribution in [0.25, 0.3) is 0 Å². The van der Waals surface area contributed by atoms with Crippen molar-refractivity contribution in [3.05, 3.63) is 29.3 Å². The van der Waals surface area contributed by atoms with Gasteiger partial charge in [-0.3, -0.25) is 0 Å². The predicted molar refractivity (Wildman–Crippen MR) is 69.1 cm³/mol. The predicted octanol–water partition coefficient (Wildman–Crippen LogP) is 3.20. The van der Waals surface area contributed by atoms with Gasteiger partial charge in [-0.1, -0.05) is 20.8 Å². The quantitative estimate of drug-likeness (QED) is 0.821. The van der Waals surface area contributed by atoms with E-state index < -0.39 is 17.0 Å². The number of hydrogen-bond donors (Lipinski definition) is 0. The molecule has 102 valence electrons. The summed E-state index contributed by atoms with van der Waals surface area (Å²) >= 11 is 0. The number of rotatable bonds is 4. The number of hydrogen-bond acceptors (Lipinski definition) is 2. The molecule has 0 atom stereocenters. The zero-order valence-corrected chi connectivity index (χ0v) is 11.7. The highest BCUT2D eigenvalue weighted by Gasteiger charge is 2.24. The van der Waals surface area contributed by atoms with Gasteiger partial charge in [-0.2, -0.15) is 0 Å². The number of nitrogens with zero attached hydrogens (tertiary/aromatic N) is 1. The second-order valence-electron chi connectivity index (χ2n) is 5.66. The Morgan fingerprint density at radius 3 is 2.28 bits per heavy atom. The maximum absolute atomic E-state index is 13.9. The maximum atomic E-state index is 13.9. The molecular weight excluding hydrogens is 236 g/mol. The lowest BCUT2D eigenvalue weighted by molar-refractivity contribution is 0.254. The van der Waals surface area contributed by atoms with E-state index in [9.17, 15) is 8.78 Å². The van der Waals surface area contributed by atoms with Gasteiger partial charge in [0.05, 0.1) is 0 Å². The van der Waals surface area contributed by atoms with Crippen molar-refractivity contribution in [2.75, 3.05) is 27.2 Å². The normalized spacial score (nSPS) is 12.0. The molecule has 0 heterocycles. The lowest BCUT2D eigenvalue weighted by Crippen LogP contribution is -2.22. The van der Waals surface area contributed by atoms with Crippen LogP contribution in [0.3, 0.4) is 0 Å². The van der Waals surface area contributed by atoms with E-state index in [0.717, 1.165) is 6.07 Å². The second kappa shape index (κ2) is 5.65. The van der Waals surface area contributed by atoms with Crippen LogP contribution in [0.5, 0.6) is 5.75 Å². The van der Waals surface area contributed by atoms with E-state index in [0.29, 0.717) is 24.5 Å². The molecule has 1 rings (SSSR count). The van der Waals surface area contributed by atoms with Gasteiger partial charge in [-0.25, -0.2) is 8.78 Å². The van der Waals surface area contributed by atoms with Crippen molar-refractivity contribution >= 4 is 0 Å². The average Bonchev–Trinajstić information content (AvgIpc) is 2.12. The molecule has 0 saturated heterocycles. The Balaban J connectivity index is 3.01. The van der Waals surface area contributed by atoms with Crippen molar-refractivity contribution < 1.29 is 13.5 Å². The third-order valence-corrected chi connectivity index (χ3v) is 2.56. The summed E-state index contributed by atoms with van der Waals surface area (Å²) in [5.41, 5.74) is -0.00624. The van der Waals surface area contributed by atoms with Crippen LogP contribution in [-0.4, -0.2) is 32.1 Å². The summed E-state index contributed by atoms with van der Waals surface area (Å²) in [5.74, 6) is -0.871. The molecule has 2 nitrogen and oxygen atoms in total. The molecule has 0 aliphatic carbocycles. The zero-order valence-electron chi connectivity index (χ0n) is 11.7. The van der Waals surface area contributed by atoms with E-state index in [1.165, 1.54) is 6.07 Å². The molecule has 1 aromatic rings. The first kappa shape index (κ1) is 14.9. The van der Waals surface area contributed by atoms with Gasteiger partial charge in [0.15, 0.2) is 0 Å². The fraction of sp³-hybridized carbons (Fsp3) is 0.571. The standard InChI is InChI=1S/C14H21F2NO/c1-14(2,3)13-11(16)8-10(15)9-12(13)18-7-6-17(4)5/h8-9H,6-7H2,1-5H3. The van der Waals surface area contributed by atoms with Gasteiger partial charge >= 0.3 is 0 Å². The van der Waals surface area contributed by atoms with Crippen molar-refractivity contribution in [3.63, 3.8) is 0 Å². The van der Waals surface area contributed by atoms with Gasteiger partial charge in [-0.15, -0.1) is 0 Å². The van der Waals surface area contributed by atoms with Crippen molar-refractivity contribution in [1.82, 2.24) is 4.90 Å². The fourth-order valence-corrected chi connectivity index (χ4v) is 1.73. The smallest absolute Gasteiger partial charge is 0.133 e. The SMILES string of the molecule is CN(C)CCOc1cc(F)cc(F)c1C(C)(C)C. The molecule has 0 bridgehead atoms. The first-order chi connectivity index (χ1) is 8.21. The Kier molecular flexibility index (Phi) is 4.68. The summed E-state index contributed by atoms with van der Waals surface area (Å²) in [7, 11) is 3.83. The lowest BCUT2D eigenvalue weighted by Gasteiger charge is -2.24. The van der Waals surface area contributed by atoms with Gasteiger partial charge in [0.2, 0.25) is 0 Å². The Labute approximate surface area is 108 Å². The Morgan fingerprint density at radius 2 is 1.78 bits per heavy atom. The van der Waals surface area contributed by atoms with E-state index >= 15 is 0 Å². The molecule has 0 aromatic heterocycles. The molecule has 0 radical (unpaired) electrons. The number of benzene rings is 1. The molecule has 0 saturated carbocycles. The monoisotopic (exact) mass is 257 g/mol. The summed E-state index contributed by atoms with van der Waals surface area (Å²) in [5, 5.41) is 0. The number of halogens is 2. The molecule has 18 heavy (non-hydrogen) atoms. The van der Waals surface area contributed by atoms with Crippen LogP contribution in [-0.2, 0) is 5.41 Å². The van der Waals surface area contributed by atoms with E-state index in [-0.39, 0.29) is 0 Å². The molecule has 0 spiro atoms. The molecule has 0 aliphatic rings. The van der Waals surface area contributed by atoms with Crippen LogP contribution in [0, 0.1) is 11.6 Å². The molecule has 1 aromatic carbocycles. The van der Waals surface area contributed by atoms with Crippen LogP contribution in [0.2, 0.25) is 0 Å². The average molecular weight is 257 g/mol. The van der Waals surface area contributed by atoms with Crippen LogP contribution < -0.4 is 4.74 Å². The highest BCUT2D eigenvalue weighted by atomic mass is 19.1. The van der Waals surface area contributed by atoms with Crippen LogP contribution in [0.15, 0.2) is 12.1 Å². The summed E-state index contributed by atoms with van der Waals surface area (Å²) in [4.78, 5) is 1.95. The van der Waals surface area contributed by atoms with Gasteiger partial charge in [0.25, 0.3) is 0 Å². The van der Waals surface area contributed by atoms with Crippen molar-refractivity contribution in [3.8, 4) is 5.75 Å². The van der Waals surface area contributed by atoms with Gasteiger partial charge in [0.1, 0.15) is 24.0 Å². The molecule has 0 fully saturated rings. The van der Waals surface area contributed by atoms with Gasteiger partial charge in [-0.05, 0) is 19.5 Å². The van der Waals surface area contributed by atoms with Crippen molar-refractivity contribution in [1.29, 1.82) is 0 Å². The molecule has 0 unspecified atom stereocenters. The third-order valence-electron chi connectivity index (χ3n) is 2.56. The lowest BCUT2D eigenvalue weighted by atomic mass is 9.86. The summed E-state index contributed by atoms with van der Waals surface area (Å²) < 4.78 is 32.6. The van der Waals surface area contributed by atoms with Gasteiger partial charge < -0.3 is 9.64 Å². The summed E-state index contributed by atoms with van der Waals surface area (Å²) in [6.45, 7) is 6.73. The topological polar surface area (TPSA) is 12.5 Å². The first-order valence-electron chi connectivity index (χ1n) is 5.99. The van der Waals surface area contributed by atoms with Crippen LogP contribution >= 0.6 is 0 Å². The van der Waals surface area contributed by atoms with Crippen molar-refractivity contribution in [2.24, 2.45) is 0 Å². The first-order valence-corrected chi connectivity index (χ1v) is 5.99. The minimum Gasteiger partial charge on any atom is -0.492 e. The highest BCUT2D eigenvalue weighted by Crippen LogP contribution is 2.34. The molecule has 4 heteroatoms. The summed E-state index contributed by atoms with van der Waals surface area (Å²) in [6.07, 6.45) is 0. The summed E-state index contributed by atoms with van der Waals surface area (Å²) in [6, 6.07) is 2.15. The minimum atomic E-state index is -0.611. The number of ether oxygens (including phenoxy) is 1. The van der Waals surface area contributed by atoms with E-state index in [2.05, 4.69) is 0 Å². The van der Waals surface area contributed by atoms with Gasteiger partial charge in [0, 0.05) is 24.2 Å². The number of likely N-dealkylation sites (N-methyl/N-ethyl adjacent to an activating group) is 1. The molecule has 0 aliphatic heterocycles. The van der Waals surface area contributed by atoms with Crippen molar-refractivity contribution in [2.45, 2.75) is 26.2 Å². The van der Waals surface area contributed by atoms with E-state index in [1.54, 1.807) is 0 Å². The molecule has 0 amide bonds. The third kappa shape index (κ3) is 3.95. The van der Waals surface area contributed by atoms with E-state index in [1.807, 2.05) is 39.8 Å². The Morgan fingerprint density at radius 1 is 1.17 bits per heavy atom. The van der Waals surface area contributed by atoms with Crippen LogP contribution in [0.1, 0.15) is 26.3 Å². The minimum absolute atomic E-state index is 0.293. The molecular formula is C14H21F2NO. The Hall–Kier alpha value is -1.16. The largest absolute Gasteiger partial charge is 0.492 e. The van der Waals surface area contributed by atoms with E-state index in [4.69, 9.17) is 4.74 Å². The Bertz CT molecular complexity index is 411. The molecule has 0 N–H and O–H groups in total. The van der Waals surface area contributed by atoms with Crippen LogP contribution in [0.4, 0.5) is 8.78 Å².